The fraction of sp³-hybridized carbons (Fsp3) is 0.312. The number of pyridine rings is 1. The Bertz CT molecular complexity index is 1400. The van der Waals surface area contributed by atoms with Gasteiger partial charge in [-0.25, -0.2) is 4.68 Å². The fourth-order valence-electron chi connectivity index (χ4n) is 4.59. The van der Waals surface area contributed by atoms with Gasteiger partial charge < -0.3 is 16.2 Å². The SMILES string of the molecule is CC(C)c1ccc(-n2nc(-c3ccccn3)cc2CCCCCC(=O)NC(Cc2ccc(O)cc2)C(N)=O)cc1. The van der Waals surface area contributed by atoms with E-state index in [0.717, 1.165) is 47.6 Å². The lowest BCUT2D eigenvalue weighted by atomic mass is 10.0. The number of unbranched alkanes of at least 4 members (excludes halogenated alkanes) is 2. The van der Waals surface area contributed by atoms with E-state index in [0.29, 0.717) is 18.8 Å². The third-order valence-electron chi connectivity index (χ3n) is 6.91. The van der Waals surface area contributed by atoms with Crippen LogP contribution in [0, 0.1) is 0 Å². The maximum absolute atomic E-state index is 12.5. The Morgan fingerprint density at radius 1 is 0.950 bits per heavy atom. The highest BCUT2D eigenvalue weighted by atomic mass is 16.3. The van der Waals surface area contributed by atoms with Crippen molar-refractivity contribution in [2.24, 2.45) is 5.73 Å². The van der Waals surface area contributed by atoms with E-state index in [1.807, 2.05) is 22.9 Å². The summed E-state index contributed by atoms with van der Waals surface area (Å²) in [5, 5.41) is 17.1. The quantitative estimate of drug-likeness (QED) is 0.205. The summed E-state index contributed by atoms with van der Waals surface area (Å²) in [6.45, 7) is 4.36. The summed E-state index contributed by atoms with van der Waals surface area (Å²) in [5.41, 5.74) is 11.4. The molecule has 1 unspecified atom stereocenters. The van der Waals surface area contributed by atoms with Gasteiger partial charge in [-0.1, -0.05) is 50.6 Å². The molecule has 0 bridgehead atoms. The minimum Gasteiger partial charge on any atom is -0.508 e. The number of carbonyl (C=O) groups excluding carboxylic acids is 2. The summed E-state index contributed by atoms with van der Waals surface area (Å²) in [6.07, 6.45) is 5.60. The van der Waals surface area contributed by atoms with Crippen LogP contribution >= 0.6 is 0 Å². The van der Waals surface area contributed by atoms with Crippen LogP contribution in [0.5, 0.6) is 5.75 Å². The van der Waals surface area contributed by atoms with Crippen LogP contribution in [0.15, 0.2) is 79.0 Å². The Kier molecular flexibility index (Phi) is 9.67. The number of benzene rings is 2. The molecule has 0 aliphatic rings. The summed E-state index contributed by atoms with van der Waals surface area (Å²) in [6, 6.07) is 22.1. The fourth-order valence-corrected chi connectivity index (χ4v) is 4.59. The van der Waals surface area contributed by atoms with Crippen LogP contribution < -0.4 is 11.1 Å². The second-order valence-electron chi connectivity index (χ2n) is 10.3. The Labute approximate surface area is 235 Å². The number of aryl methyl sites for hydroxylation is 1. The minimum absolute atomic E-state index is 0.142. The van der Waals surface area contributed by atoms with E-state index in [9.17, 15) is 14.7 Å². The van der Waals surface area contributed by atoms with Crippen LogP contribution in [-0.2, 0) is 22.4 Å². The number of phenolic OH excluding ortho intramolecular Hbond substituents is 1. The van der Waals surface area contributed by atoms with Crippen LogP contribution in [0.25, 0.3) is 17.1 Å². The highest BCUT2D eigenvalue weighted by molar-refractivity contribution is 5.86. The first-order valence-corrected chi connectivity index (χ1v) is 13.8. The third-order valence-corrected chi connectivity index (χ3v) is 6.91. The molecule has 4 N–H and O–H groups in total. The van der Waals surface area contributed by atoms with Crippen molar-refractivity contribution < 1.29 is 14.7 Å². The summed E-state index contributed by atoms with van der Waals surface area (Å²) < 4.78 is 1.99. The molecule has 0 saturated carbocycles. The summed E-state index contributed by atoms with van der Waals surface area (Å²) in [4.78, 5) is 28.9. The average molecular weight is 540 g/mol. The number of rotatable bonds is 13. The highest BCUT2D eigenvalue weighted by Crippen LogP contribution is 2.23. The van der Waals surface area contributed by atoms with E-state index in [-0.39, 0.29) is 18.1 Å². The van der Waals surface area contributed by atoms with E-state index < -0.39 is 11.9 Å². The Morgan fingerprint density at radius 2 is 1.70 bits per heavy atom. The molecule has 0 aliphatic heterocycles. The van der Waals surface area contributed by atoms with Crippen molar-refractivity contribution >= 4 is 11.8 Å². The molecule has 1 atom stereocenters. The van der Waals surface area contributed by atoms with Crippen molar-refractivity contribution in [2.45, 2.75) is 64.3 Å². The van der Waals surface area contributed by atoms with Gasteiger partial charge in [0, 0.05) is 24.7 Å². The number of phenols is 1. The third kappa shape index (κ3) is 7.79. The number of amides is 2. The summed E-state index contributed by atoms with van der Waals surface area (Å²) in [5.74, 6) is -0.183. The zero-order chi connectivity index (χ0) is 28.5. The number of nitrogens with one attached hydrogen (secondary N) is 1. The molecule has 40 heavy (non-hydrogen) atoms. The molecule has 4 aromatic rings. The largest absolute Gasteiger partial charge is 0.508 e. The van der Waals surface area contributed by atoms with Gasteiger partial charge in [-0.15, -0.1) is 0 Å². The second-order valence-corrected chi connectivity index (χ2v) is 10.3. The van der Waals surface area contributed by atoms with Gasteiger partial charge in [0.1, 0.15) is 17.5 Å². The van der Waals surface area contributed by atoms with Crippen LogP contribution in [0.1, 0.15) is 62.3 Å². The van der Waals surface area contributed by atoms with E-state index in [4.69, 9.17) is 10.8 Å². The van der Waals surface area contributed by atoms with E-state index in [2.05, 4.69) is 54.5 Å². The molecule has 0 saturated heterocycles. The predicted molar refractivity (Wildman–Crippen MR) is 156 cm³/mol. The molecule has 2 heterocycles. The molecule has 0 radical (unpaired) electrons. The predicted octanol–water partition coefficient (Wildman–Crippen LogP) is 5.08. The summed E-state index contributed by atoms with van der Waals surface area (Å²) in [7, 11) is 0. The molecular weight excluding hydrogens is 502 g/mol. The maximum atomic E-state index is 12.5. The molecule has 0 spiro atoms. The van der Waals surface area contributed by atoms with Crippen molar-refractivity contribution in [2.75, 3.05) is 0 Å². The van der Waals surface area contributed by atoms with Gasteiger partial charge in [0.25, 0.3) is 0 Å². The molecule has 2 aromatic heterocycles. The van der Waals surface area contributed by atoms with Gasteiger partial charge in [-0.05, 0) is 78.8 Å². The number of aromatic nitrogens is 3. The zero-order valence-corrected chi connectivity index (χ0v) is 23.1. The molecule has 2 aromatic carbocycles. The molecule has 2 amide bonds. The van der Waals surface area contributed by atoms with Crippen molar-refractivity contribution in [1.29, 1.82) is 0 Å². The van der Waals surface area contributed by atoms with Crippen molar-refractivity contribution in [3.63, 3.8) is 0 Å². The first-order chi connectivity index (χ1) is 19.3. The van der Waals surface area contributed by atoms with Crippen molar-refractivity contribution in [3.05, 3.63) is 95.8 Å². The normalized spacial score (nSPS) is 11.9. The monoisotopic (exact) mass is 539 g/mol. The van der Waals surface area contributed by atoms with Gasteiger partial charge in [0.2, 0.25) is 11.8 Å². The lowest BCUT2D eigenvalue weighted by Crippen LogP contribution is -2.45. The van der Waals surface area contributed by atoms with Gasteiger partial charge in [-0.2, -0.15) is 5.10 Å². The van der Waals surface area contributed by atoms with Gasteiger partial charge in [0.15, 0.2) is 0 Å². The molecule has 8 heteroatoms. The topological polar surface area (TPSA) is 123 Å². The maximum Gasteiger partial charge on any atom is 0.240 e. The number of nitrogens with zero attached hydrogens (tertiary/aromatic N) is 3. The number of hydrogen-bond acceptors (Lipinski definition) is 5. The molecule has 0 fully saturated rings. The van der Waals surface area contributed by atoms with Crippen LogP contribution in [0.4, 0.5) is 0 Å². The lowest BCUT2D eigenvalue weighted by Gasteiger charge is -2.15. The molecule has 0 aliphatic carbocycles. The Balaban J connectivity index is 1.33. The second kappa shape index (κ2) is 13.6. The zero-order valence-electron chi connectivity index (χ0n) is 23.1. The lowest BCUT2D eigenvalue weighted by molar-refractivity contribution is -0.127. The summed E-state index contributed by atoms with van der Waals surface area (Å²) >= 11 is 0. The first kappa shape index (κ1) is 28.5. The average Bonchev–Trinajstić information content (AvgIpc) is 3.38. The first-order valence-electron chi connectivity index (χ1n) is 13.8. The molecule has 8 nitrogen and oxygen atoms in total. The van der Waals surface area contributed by atoms with E-state index >= 15 is 0 Å². The number of primary amides is 1. The highest BCUT2D eigenvalue weighted by Gasteiger charge is 2.19. The van der Waals surface area contributed by atoms with Crippen LogP contribution in [0.2, 0.25) is 0 Å². The van der Waals surface area contributed by atoms with Gasteiger partial charge in [-0.3, -0.25) is 14.6 Å². The molecule has 208 valence electrons. The van der Waals surface area contributed by atoms with Gasteiger partial charge in [0.05, 0.1) is 11.4 Å². The van der Waals surface area contributed by atoms with E-state index in [1.165, 1.54) is 5.56 Å². The standard InChI is InChI=1S/C32H37N5O3/c1-22(2)24-13-15-25(16-14-24)37-26(21-29(36-37)28-9-6-7-19-34-28)8-4-3-5-10-31(39)35-30(32(33)40)20-23-11-17-27(38)18-12-23/h6-7,9,11-19,21-22,30,38H,3-5,8,10,20H2,1-2H3,(H2,33,40)(H,35,39). The Morgan fingerprint density at radius 3 is 2.35 bits per heavy atom. The van der Waals surface area contributed by atoms with Gasteiger partial charge >= 0.3 is 0 Å². The number of nitrogens with two attached hydrogens (primary N) is 1. The minimum atomic E-state index is -0.793. The molecular formula is C32H37N5O3. The van der Waals surface area contributed by atoms with Crippen molar-refractivity contribution in [1.82, 2.24) is 20.1 Å². The van der Waals surface area contributed by atoms with Crippen LogP contribution in [-0.4, -0.2) is 37.7 Å². The number of carbonyl (C=O) groups is 2. The molecule has 4 rings (SSSR count). The number of hydrogen-bond donors (Lipinski definition) is 3. The van der Waals surface area contributed by atoms with E-state index in [1.54, 1.807) is 30.5 Å². The number of aromatic hydroxyl groups is 1. The van der Waals surface area contributed by atoms with Crippen molar-refractivity contribution in [3.8, 4) is 22.8 Å². The Hall–Kier alpha value is -4.46. The smallest absolute Gasteiger partial charge is 0.240 e. The van der Waals surface area contributed by atoms with Crippen LogP contribution in [0.3, 0.4) is 0 Å².